The predicted octanol–water partition coefficient (Wildman–Crippen LogP) is 2.63. The highest BCUT2D eigenvalue weighted by Crippen LogP contribution is 2.30. The number of rotatable bonds is 1. The van der Waals surface area contributed by atoms with E-state index in [1.807, 2.05) is 0 Å². The van der Waals surface area contributed by atoms with Gasteiger partial charge in [0.1, 0.15) is 9.54 Å². The molecular formula is C11H8N2O3S2. The Kier molecular flexibility index (Phi) is 2.31. The van der Waals surface area contributed by atoms with Gasteiger partial charge in [0.2, 0.25) is 0 Å². The number of fused-ring (bicyclic) bond motifs is 3. The molecule has 18 heavy (non-hydrogen) atoms. The fourth-order valence-corrected chi connectivity index (χ4v) is 2.99. The van der Waals surface area contributed by atoms with Crippen molar-refractivity contribution in [2.24, 2.45) is 0 Å². The summed E-state index contributed by atoms with van der Waals surface area (Å²) in [5, 5.41) is 7.38. The van der Waals surface area contributed by atoms with E-state index in [-0.39, 0.29) is 4.90 Å². The van der Waals surface area contributed by atoms with Crippen molar-refractivity contribution < 1.29 is 13.0 Å². The first-order chi connectivity index (χ1) is 8.48. The molecule has 0 fully saturated rings. The Balaban J connectivity index is 2.69. The maximum atomic E-state index is 11.4. The molecule has 5 nitrogen and oxygen atoms in total. The van der Waals surface area contributed by atoms with Gasteiger partial charge in [0, 0.05) is 16.2 Å². The maximum absolute atomic E-state index is 11.4. The largest absolute Gasteiger partial charge is 0.299 e. The van der Waals surface area contributed by atoms with E-state index in [0.717, 1.165) is 5.52 Å². The molecule has 0 amide bonds. The normalized spacial score (nSPS) is 12.3. The molecular weight excluding hydrogens is 272 g/mol. The predicted molar refractivity (Wildman–Crippen MR) is 70.8 cm³/mol. The number of nitrogens with one attached hydrogen (secondary N) is 2. The number of hydrogen-bond donors (Lipinski definition) is 3. The van der Waals surface area contributed by atoms with Crippen LogP contribution in [-0.2, 0) is 10.1 Å². The van der Waals surface area contributed by atoms with Crippen molar-refractivity contribution in [2.45, 2.75) is 4.90 Å². The van der Waals surface area contributed by atoms with E-state index < -0.39 is 10.1 Å². The van der Waals surface area contributed by atoms with Gasteiger partial charge in [-0.3, -0.25) is 14.8 Å². The molecule has 3 aromatic rings. The standard InChI is InChI=1S/C11H8N2O3S2/c14-18(15,16)9-5-8-10(12-13-11(8)17)7-4-2-1-3-6(7)9/h1-5H,(H2,12,13,17)(H,14,15,16). The Morgan fingerprint density at radius 3 is 2.39 bits per heavy atom. The first kappa shape index (κ1) is 11.4. The summed E-state index contributed by atoms with van der Waals surface area (Å²) in [5.41, 5.74) is 0.725. The molecule has 0 spiro atoms. The first-order valence-corrected chi connectivity index (χ1v) is 6.93. The van der Waals surface area contributed by atoms with Gasteiger partial charge in [0.25, 0.3) is 10.1 Å². The Bertz CT molecular complexity index is 922. The van der Waals surface area contributed by atoms with E-state index in [9.17, 15) is 13.0 Å². The number of hydrogen-bond acceptors (Lipinski definition) is 3. The summed E-state index contributed by atoms with van der Waals surface area (Å²) < 4.78 is 32.5. The molecule has 0 aliphatic heterocycles. The van der Waals surface area contributed by atoms with E-state index in [4.69, 9.17) is 12.2 Å². The summed E-state index contributed by atoms with van der Waals surface area (Å²) in [7, 11) is -4.29. The van der Waals surface area contributed by atoms with Crippen LogP contribution in [0.2, 0.25) is 0 Å². The van der Waals surface area contributed by atoms with Crippen LogP contribution in [0.25, 0.3) is 21.7 Å². The van der Waals surface area contributed by atoms with Crippen molar-refractivity contribution in [1.82, 2.24) is 10.2 Å². The molecule has 0 saturated heterocycles. The van der Waals surface area contributed by atoms with Crippen LogP contribution in [0.15, 0.2) is 35.2 Å². The summed E-state index contributed by atoms with van der Waals surface area (Å²) in [5.74, 6) is 0. The van der Waals surface area contributed by atoms with Crippen molar-refractivity contribution in [3.05, 3.63) is 35.0 Å². The third kappa shape index (κ3) is 1.56. The zero-order valence-electron chi connectivity index (χ0n) is 8.97. The molecule has 0 aliphatic rings. The Hall–Kier alpha value is -1.70. The van der Waals surface area contributed by atoms with E-state index in [0.29, 0.717) is 20.8 Å². The summed E-state index contributed by atoms with van der Waals surface area (Å²) >= 11 is 5.07. The van der Waals surface area contributed by atoms with Gasteiger partial charge < -0.3 is 0 Å². The van der Waals surface area contributed by atoms with Crippen LogP contribution in [0.3, 0.4) is 0 Å². The molecule has 0 atom stereocenters. The highest BCUT2D eigenvalue weighted by Gasteiger charge is 2.17. The Morgan fingerprint density at radius 1 is 1.06 bits per heavy atom. The molecule has 0 aliphatic carbocycles. The minimum atomic E-state index is -4.29. The SMILES string of the molecule is O=S(=O)(O)c1cc2c(=S)[nH][nH]c2c2ccccc12. The number of aromatic amines is 2. The molecule has 7 heteroatoms. The summed E-state index contributed by atoms with van der Waals surface area (Å²) in [4.78, 5) is -0.135. The van der Waals surface area contributed by atoms with Crippen LogP contribution in [0.4, 0.5) is 0 Å². The Labute approximate surface area is 107 Å². The molecule has 0 radical (unpaired) electrons. The quantitative estimate of drug-likeness (QED) is 0.472. The molecule has 2 aromatic carbocycles. The lowest BCUT2D eigenvalue weighted by Crippen LogP contribution is -1.99. The second kappa shape index (κ2) is 3.64. The second-order valence-electron chi connectivity index (χ2n) is 3.90. The van der Waals surface area contributed by atoms with Crippen LogP contribution >= 0.6 is 12.2 Å². The van der Waals surface area contributed by atoms with Crippen LogP contribution < -0.4 is 0 Å². The molecule has 1 heterocycles. The van der Waals surface area contributed by atoms with Gasteiger partial charge in [-0.1, -0.05) is 36.5 Å². The van der Waals surface area contributed by atoms with Gasteiger partial charge >= 0.3 is 0 Å². The highest BCUT2D eigenvalue weighted by molar-refractivity contribution is 7.86. The molecule has 0 saturated carbocycles. The summed E-state index contributed by atoms with van der Waals surface area (Å²) in [6.45, 7) is 0. The van der Waals surface area contributed by atoms with Crippen molar-refractivity contribution in [1.29, 1.82) is 0 Å². The zero-order valence-corrected chi connectivity index (χ0v) is 10.6. The minimum absolute atomic E-state index is 0.135. The van der Waals surface area contributed by atoms with Crippen molar-refractivity contribution in [2.75, 3.05) is 0 Å². The van der Waals surface area contributed by atoms with E-state index in [1.165, 1.54) is 6.07 Å². The van der Waals surface area contributed by atoms with Crippen LogP contribution in [0.1, 0.15) is 0 Å². The van der Waals surface area contributed by atoms with Gasteiger partial charge in [-0.05, 0) is 6.07 Å². The summed E-state index contributed by atoms with van der Waals surface area (Å²) in [6, 6.07) is 8.29. The van der Waals surface area contributed by atoms with E-state index >= 15 is 0 Å². The van der Waals surface area contributed by atoms with Crippen LogP contribution in [-0.4, -0.2) is 23.2 Å². The number of H-pyrrole nitrogens is 2. The zero-order chi connectivity index (χ0) is 12.9. The summed E-state index contributed by atoms with van der Waals surface area (Å²) in [6.07, 6.45) is 0. The molecule has 3 rings (SSSR count). The fourth-order valence-electron chi connectivity index (χ4n) is 2.06. The lowest BCUT2D eigenvalue weighted by atomic mass is 10.1. The average molecular weight is 280 g/mol. The maximum Gasteiger partial charge on any atom is 0.295 e. The number of aromatic nitrogens is 2. The first-order valence-electron chi connectivity index (χ1n) is 5.08. The molecule has 92 valence electrons. The van der Waals surface area contributed by atoms with E-state index in [2.05, 4.69) is 10.2 Å². The average Bonchev–Trinajstić information content (AvgIpc) is 2.69. The molecule has 0 unspecified atom stereocenters. The minimum Gasteiger partial charge on any atom is -0.299 e. The second-order valence-corrected chi connectivity index (χ2v) is 5.70. The van der Waals surface area contributed by atoms with Gasteiger partial charge in [-0.2, -0.15) is 8.42 Å². The van der Waals surface area contributed by atoms with Crippen molar-refractivity contribution in [3.8, 4) is 0 Å². The topological polar surface area (TPSA) is 85.9 Å². The monoisotopic (exact) mass is 280 g/mol. The Morgan fingerprint density at radius 2 is 1.72 bits per heavy atom. The van der Waals surface area contributed by atoms with Gasteiger partial charge in [0.05, 0.1) is 5.52 Å². The van der Waals surface area contributed by atoms with Gasteiger partial charge in [0.15, 0.2) is 0 Å². The molecule has 0 bridgehead atoms. The lowest BCUT2D eigenvalue weighted by molar-refractivity contribution is 0.484. The van der Waals surface area contributed by atoms with E-state index in [1.54, 1.807) is 24.3 Å². The van der Waals surface area contributed by atoms with Crippen LogP contribution in [0, 0.1) is 4.64 Å². The molecule has 1 aromatic heterocycles. The fraction of sp³-hybridized carbons (Fsp3) is 0. The number of benzene rings is 2. The van der Waals surface area contributed by atoms with Crippen molar-refractivity contribution in [3.63, 3.8) is 0 Å². The van der Waals surface area contributed by atoms with Gasteiger partial charge in [-0.25, -0.2) is 0 Å². The molecule has 3 N–H and O–H groups in total. The highest BCUT2D eigenvalue weighted by atomic mass is 32.2. The lowest BCUT2D eigenvalue weighted by Gasteiger charge is -2.04. The van der Waals surface area contributed by atoms with Crippen LogP contribution in [0.5, 0.6) is 0 Å². The van der Waals surface area contributed by atoms with Crippen molar-refractivity contribution >= 4 is 44.0 Å². The smallest absolute Gasteiger partial charge is 0.295 e. The third-order valence-corrected chi connectivity index (χ3v) is 4.05. The third-order valence-electron chi connectivity index (χ3n) is 2.83. The van der Waals surface area contributed by atoms with Gasteiger partial charge in [-0.15, -0.1) is 0 Å².